The first-order chi connectivity index (χ1) is 12.3. The van der Waals surface area contributed by atoms with Gasteiger partial charge in [0.1, 0.15) is 0 Å². The molecule has 0 spiro atoms. The minimum absolute atomic E-state index is 0.372. The summed E-state index contributed by atoms with van der Waals surface area (Å²) in [5.41, 5.74) is 3.99. The molecule has 0 aliphatic carbocycles. The Morgan fingerprint density at radius 3 is 2.56 bits per heavy atom. The average Bonchev–Trinajstić information content (AvgIpc) is 3.08. The number of nitrogens with one attached hydrogen (secondary N) is 2. The van der Waals surface area contributed by atoms with Crippen molar-refractivity contribution in [2.45, 2.75) is 24.8 Å². The molecule has 0 amide bonds. The molecule has 1 aliphatic rings. The maximum absolute atomic E-state index is 3.85. The van der Waals surface area contributed by atoms with Gasteiger partial charge >= 0.3 is 0 Å². The van der Waals surface area contributed by atoms with E-state index in [0.29, 0.717) is 12.0 Å². The number of aromatic nitrogens is 1. The number of piperidine rings is 1. The van der Waals surface area contributed by atoms with E-state index in [-0.39, 0.29) is 0 Å². The standard InChI is InChI=1S/C22H27N3/c1-25-13-11-18(12-14-25)23-15-20(17-7-3-2-4-8-17)21-16-24-22-10-6-5-9-19(21)22/h2-10,16,18,20,23-24H,11-15H2,1H3/t20-/m1/s1. The van der Waals surface area contributed by atoms with E-state index in [9.17, 15) is 0 Å². The van der Waals surface area contributed by atoms with Crippen LogP contribution in [0.3, 0.4) is 0 Å². The van der Waals surface area contributed by atoms with Crippen LogP contribution in [0.4, 0.5) is 0 Å². The van der Waals surface area contributed by atoms with Crippen LogP contribution in [0.25, 0.3) is 10.9 Å². The minimum atomic E-state index is 0.372. The normalized spacial score (nSPS) is 17.8. The van der Waals surface area contributed by atoms with Crippen molar-refractivity contribution >= 4 is 10.9 Å². The summed E-state index contributed by atoms with van der Waals surface area (Å²) in [6, 6.07) is 20.1. The molecule has 2 N–H and O–H groups in total. The molecule has 1 atom stereocenters. The Labute approximate surface area is 150 Å². The second-order valence-electron chi connectivity index (χ2n) is 7.24. The first kappa shape index (κ1) is 16.4. The molecule has 4 rings (SSSR count). The Balaban J connectivity index is 1.59. The lowest BCUT2D eigenvalue weighted by atomic mass is 9.90. The van der Waals surface area contributed by atoms with Crippen LogP contribution < -0.4 is 5.32 Å². The van der Waals surface area contributed by atoms with Crippen molar-refractivity contribution < 1.29 is 0 Å². The van der Waals surface area contributed by atoms with E-state index < -0.39 is 0 Å². The monoisotopic (exact) mass is 333 g/mol. The van der Waals surface area contributed by atoms with Crippen molar-refractivity contribution in [3.63, 3.8) is 0 Å². The Hall–Kier alpha value is -2.10. The fraction of sp³-hybridized carbons (Fsp3) is 0.364. The molecule has 0 radical (unpaired) electrons. The Morgan fingerprint density at radius 2 is 1.76 bits per heavy atom. The van der Waals surface area contributed by atoms with Gasteiger partial charge in [0.05, 0.1) is 0 Å². The van der Waals surface area contributed by atoms with Gasteiger partial charge in [-0.25, -0.2) is 0 Å². The van der Waals surface area contributed by atoms with Gasteiger partial charge in [0.25, 0.3) is 0 Å². The quantitative estimate of drug-likeness (QED) is 0.740. The smallest absolute Gasteiger partial charge is 0.0457 e. The van der Waals surface area contributed by atoms with E-state index in [1.54, 1.807) is 0 Å². The topological polar surface area (TPSA) is 31.1 Å². The van der Waals surface area contributed by atoms with Crippen LogP contribution in [0.15, 0.2) is 60.8 Å². The van der Waals surface area contributed by atoms with Crippen molar-refractivity contribution in [1.29, 1.82) is 0 Å². The highest BCUT2D eigenvalue weighted by molar-refractivity contribution is 5.84. The summed E-state index contributed by atoms with van der Waals surface area (Å²) in [5.74, 6) is 0.372. The molecule has 3 aromatic rings. The summed E-state index contributed by atoms with van der Waals surface area (Å²) >= 11 is 0. The van der Waals surface area contributed by atoms with Crippen LogP contribution >= 0.6 is 0 Å². The molecule has 2 aromatic carbocycles. The fourth-order valence-electron chi connectivity index (χ4n) is 3.97. The molecule has 0 saturated carbocycles. The van der Waals surface area contributed by atoms with Crippen LogP contribution in [-0.4, -0.2) is 42.6 Å². The minimum Gasteiger partial charge on any atom is -0.361 e. The van der Waals surface area contributed by atoms with Gasteiger partial charge in [0, 0.05) is 35.6 Å². The molecule has 0 bridgehead atoms. The SMILES string of the molecule is CN1CCC(NC[C@H](c2ccccc2)c2c[nH]c3ccccc23)CC1. The summed E-state index contributed by atoms with van der Waals surface area (Å²) in [4.78, 5) is 5.87. The summed E-state index contributed by atoms with van der Waals surface area (Å²) in [7, 11) is 2.22. The van der Waals surface area contributed by atoms with Crippen molar-refractivity contribution in [3.8, 4) is 0 Å². The van der Waals surface area contributed by atoms with Gasteiger partial charge in [-0.3, -0.25) is 0 Å². The van der Waals surface area contributed by atoms with Gasteiger partial charge in [-0.2, -0.15) is 0 Å². The first-order valence-electron chi connectivity index (χ1n) is 9.34. The molecule has 3 nitrogen and oxygen atoms in total. The number of rotatable bonds is 5. The summed E-state index contributed by atoms with van der Waals surface area (Å²) in [6.07, 6.45) is 4.68. The number of para-hydroxylation sites is 1. The predicted molar refractivity (Wildman–Crippen MR) is 105 cm³/mol. The van der Waals surface area contributed by atoms with Crippen molar-refractivity contribution in [3.05, 3.63) is 71.9 Å². The maximum atomic E-state index is 3.85. The summed E-state index contributed by atoms with van der Waals surface area (Å²) in [6.45, 7) is 3.38. The number of likely N-dealkylation sites (tertiary alicyclic amines) is 1. The number of H-pyrrole nitrogens is 1. The fourth-order valence-corrected chi connectivity index (χ4v) is 3.97. The van der Waals surface area contributed by atoms with Gasteiger partial charge in [-0.1, -0.05) is 48.5 Å². The number of nitrogens with zero attached hydrogens (tertiary/aromatic N) is 1. The number of fused-ring (bicyclic) bond motifs is 1. The Bertz CT molecular complexity index is 800. The first-order valence-corrected chi connectivity index (χ1v) is 9.34. The number of hydrogen-bond donors (Lipinski definition) is 2. The number of aromatic amines is 1. The van der Waals surface area contributed by atoms with E-state index in [0.717, 1.165) is 6.54 Å². The van der Waals surface area contributed by atoms with Gasteiger partial charge in [-0.05, 0) is 50.2 Å². The van der Waals surface area contributed by atoms with E-state index in [1.165, 1.54) is 48.0 Å². The third-order valence-corrected chi connectivity index (χ3v) is 5.53. The van der Waals surface area contributed by atoms with E-state index in [2.05, 4.69) is 83.0 Å². The molecular formula is C22H27N3. The van der Waals surface area contributed by atoms with Crippen molar-refractivity contribution in [2.24, 2.45) is 0 Å². The average molecular weight is 333 g/mol. The number of benzene rings is 2. The second kappa shape index (κ2) is 7.42. The second-order valence-corrected chi connectivity index (χ2v) is 7.24. The molecule has 0 unspecified atom stereocenters. The Kier molecular flexibility index (Phi) is 4.86. The lowest BCUT2D eigenvalue weighted by Crippen LogP contribution is -2.42. The molecule has 25 heavy (non-hydrogen) atoms. The maximum Gasteiger partial charge on any atom is 0.0457 e. The lowest BCUT2D eigenvalue weighted by Gasteiger charge is -2.31. The van der Waals surface area contributed by atoms with Gasteiger partial charge < -0.3 is 15.2 Å². The Morgan fingerprint density at radius 1 is 1.04 bits per heavy atom. The van der Waals surface area contributed by atoms with E-state index in [4.69, 9.17) is 0 Å². The third-order valence-electron chi connectivity index (χ3n) is 5.53. The van der Waals surface area contributed by atoms with Crippen molar-refractivity contribution in [1.82, 2.24) is 15.2 Å². The summed E-state index contributed by atoms with van der Waals surface area (Å²) < 4.78 is 0. The lowest BCUT2D eigenvalue weighted by molar-refractivity contribution is 0.234. The van der Waals surface area contributed by atoms with E-state index >= 15 is 0 Å². The largest absolute Gasteiger partial charge is 0.361 e. The zero-order chi connectivity index (χ0) is 17.1. The zero-order valence-electron chi connectivity index (χ0n) is 14.9. The molecule has 1 aliphatic heterocycles. The van der Waals surface area contributed by atoms with Gasteiger partial charge in [0.15, 0.2) is 0 Å². The molecule has 2 heterocycles. The van der Waals surface area contributed by atoms with E-state index in [1.807, 2.05) is 0 Å². The predicted octanol–water partition coefficient (Wildman–Crippen LogP) is 3.98. The van der Waals surface area contributed by atoms with Gasteiger partial charge in [-0.15, -0.1) is 0 Å². The molecule has 1 aromatic heterocycles. The van der Waals surface area contributed by atoms with Crippen LogP contribution in [0, 0.1) is 0 Å². The molecule has 1 fully saturated rings. The van der Waals surface area contributed by atoms with Crippen LogP contribution in [-0.2, 0) is 0 Å². The molecule has 1 saturated heterocycles. The van der Waals surface area contributed by atoms with Crippen molar-refractivity contribution in [2.75, 3.05) is 26.7 Å². The van der Waals surface area contributed by atoms with Crippen LogP contribution in [0.2, 0.25) is 0 Å². The molecule has 3 heteroatoms. The zero-order valence-corrected chi connectivity index (χ0v) is 14.9. The third kappa shape index (κ3) is 3.63. The highest BCUT2D eigenvalue weighted by atomic mass is 15.1. The van der Waals surface area contributed by atoms with Gasteiger partial charge in [0.2, 0.25) is 0 Å². The van der Waals surface area contributed by atoms with Crippen LogP contribution in [0.1, 0.15) is 29.9 Å². The molecule has 130 valence electrons. The highest BCUT2D eigenvalue weighted by Gasteiger charge is 2.21. The highest BCUT2D eigenvalue weighted by Crippen LogP contribution is 2.30. The molecular weight excluding hydrogens is 306 g/mol. The van der Waals surface area contributed by atoms with Crippen LogP contribution in [0.5, 0.6) is 0 Å². The number of hydrogen-bond acceptors (Lipinski definition) is 2. The summed E-state index contributed by atoms with van der Waals surface area (Å²) in [5, 5.41) is 5.19.